The number of nitrogens with zero attached hydrogens (tertiary/aromatic N) is 2. The smallest absolute Gasteiger partial charge is 0.274 e. The first-order valence-electron chi connectivity index (χ1n) is 8.34. The molecule has 6 nitrogen and oxygen atoms in total. The van der Waals surface area contributed by atoms with Gasteiger partial charge in [-0.05, 0) is 37.4 Å². The molecule has 1 atom stereocenters. The second kappa shape index (κ2) is 7.02. The molecule has 0 saturated heterocycles. The Hall–Kier alpha value is -1.73. The van der Waals surface area contributed by atoms with Crippen LogP contribution in [0.25, 0.3) is 0 Å². The van der Waals surface area contributed by atoms with Crippen molar-refractivity contribution in [2.75, 3.05) is 4.90 Å². The van der Waals surface area contributed by atoms with Crippen molar-refractivity contribution in [3.8, 4) is 0 Å². The molecular formula is C17H26N2O4Si. The van der Waals surface area contributed by atoms with Gasteiger partial charge in [-0.2, -0.15) is 0 Å². The van der Waals surface area contributed by atoms with E-state index in [1.807, 2.05) is 0 Å². The zero-order chi connectivity index (χ0) is 18.1. The lowest BCUT2D eigenvalue weighted by Crippen LogP contribution is -2.48. The third-order valence-corrected chi connectivity index (χ3v) is 4.80. The van der Waals surface area contributed by atoms with Gasteiger partial charge in [0.1, 0.15) is 6.23 Å². The molecule has 0 radical (unpaired) electrons. The summed E-state index contributed by atoms with van der Waals surface area (Å²) in [5, 5.41) is 11.3. The number of hydrogen-bond acceptors (Lipinski definition) is 4. The largest absolute Gasteiger partial charge is 0.400 e. The van der Waals surface area contributed by atoms with Crippen molar-refractivity contribution in [3.63, 3.8) is 0 Å². The SMILES string of the molecule is C[SiH](C)OC(CC(C)(C)C)N1C(=O)CCc2c1cccc2[N+](=O)[O-]. The Labute approximate surface area is 144 Å². The number of anilines is 1. The van der Waals surface area contributed by atoms with Gasteiger partial charge in [0, 0.05) is 12.5 Å². The third-order valence-electron chi connectivity index (χ3n) is 3.94. The van der Waals surface area contributed by atoms with Crippen LogP contribution in [0, 0.1) is 15.5 Å². The molecule has 132 valence electrons. The van der Waals surface area contributed by atoms with E-state index in [-0.39, 0.29) is 34.6 Å². The van der Waals surface area contributed by atoms with E-state index in [9.17, 15) is 14.9 Å². The first kappa shape index (κ1) is 18.6. The molecule has 1 amide bonds. The van der Waals surface area contributed by atoms with E-state index in [0.29, 0.717) is 24.1 Å². The van der Waals surface area contributed by atoms with E-state index in [4.69, 9.17) is 4.43 Å². The van der Waals surface area contributed by atoms with Crippen LogP contribution >= 0.6 is 0 Å². The highest BCUT2D eigenvalue weighted by atomic mass is 28.3. The Balaban J connectivity index is 2.49. The van der Waals surface area contributed by atoms with Crippen LogP contribution in [0.2, 0.25) is 13.1 Å². The molecule has 0 aliphatic carbocycles. The van der Waals surface area contributed by atoms with E-state index in [1.54, 1.807) is 17.0 Å². The van der Waals surface area contributed by atoms with Crippen LogP contribution in [0.15, 0.2) is 18.2 Å². The van der Waals surface area contributed by atoms with Crippen LogP contribution < -0.4 is 4.90 Å². The van der Waals surface area contributed by atoms with Crippen molar-refractivity contribution >= 4 is 26.3 Å². The third kappa shape index (κ3) is 4.21. The molecule has 0 aromatic heterocycles. The fourth-order valence-corrected chi connectivity index (χ4v) is 3.90. The normalized spacial score (nSPS) is 16.2. The van der Waals surface area contributed by atoms with Gasteiger partial charge in [0.15, 0.2) is 9.04 Å². The minimum Gasteiger partial charge on any atom is -0.400 e. The number of hydrogen-bond donors (Lipinski definition) is 0. The predicted molar refractivity (Wildman–Crippen MR) is 96.7 cm³/mol. The van der Waals surface area contributed by atoms with Gasteiger partial charge in [0.25, 0.3) is 5.69 Å². The molecule has 2 rings (SSSR count). The summed E-state index contributed by atoms with van der Waals surface area (Å²) < 4.78 is 6.17. The summed E-state index contributed by atoms with van der Waals surface area (Å²) in [6.07, 6.45) is 1.00. The Morgan fingerprint density at radius 1 is 1.33 bits per heavy atom. The molecule has 1 unspecified atom stereocenters. The fraction of sp³-hybridized carbons (Fsp3) is 0.588. The zero-order valence-corrected chi connectivity index (χ0v) is 16.2. The summed E-state index contributed by atoms with van der Waals surface area (Å²) >= 11 is 0. The number of fused-ring (bicyclic) bond motifs is 1. The van der Waals surface area contributed by atoms with Crippen molar-refractivity contribution < 1.29 is 14.1 Å². The van der Waals surface area contributed by atoms with Gasteiger partial charge in [-0.15, -0.1) is 0 Å². The highest BCUT2D eigenvalue weighted by Crippen LogP contribution is 2.38. The van der Waals surface area contributed by atoms with Gasteiger partial charge in [-0.1, -0.05) is 26.8 Å². The first-order chi connectivity index (χ1) is 11.1. The average Bonchev–Trinajstić information content (AvgIpc) is 2.43. The number of carbonyl (C=O) groups is 1. The van der Waals surface area contributed by atoms with Crippen LogP contribution in [0.1, 0.15) is 39.2 Å². The van der Waals surface area contributed by atoms with E-state index in [0.717, 1.165) is 0 Å². The standard InChI is InChI=1S/C17H26N2O4Si/c1-17(2,3)11-16(23-24(4)5)18-13-7-6-8-14(19(21)22)12(13)9-10-15(18)20/h6-8,16,24H,9-11H2,1-5H3. The monoisotopic (exact) mass is 350 g/mol. The number of nitro groups is 1. The summed E-state index contributed by atoms with van der Waals surface area (Å²) in [5.41, 5.74) is 1.33. The van der Waals surface area contributed by atoms with Gasteiger partial charge in [-0.3, -0.25) is 19.8 Å². The van der Waals surface area contributed by atoms with E-state index < -0.39 is 9.04 Å². The van der Waals surface area contributed by atoms with Crippen LogP contribution in [0.5, 0.6) is 0 Å². The Morgan fingerprint density at radius 2 is 2.00 bits per heavy atom. The minimum atomic E-state index is -1.39. The molecule has 1 aromatic carbocycles. The van der Waals surface area contributed by atoms with Gasteiger partial charge < -0.3 is 4.43 Å². The van der Waals surface area contributed by atoms with Gasteiger partial charge >= 0.3 is 0 Å². The minimum absolute atomic E-state index is 0.0213. The summed E-state index contributed by atoms with van der Waals surface area (Å²) in [6.45, 7) is 10.5. The van der Waals surface area contributed by atoms with Crippen molar-refractivity contribution in [1.29, 1.82) is 0 Å². The lowest BCUT2D eigenvalue weighted by molar-refractivity contribution is -0.385. The van der Waals surface area contributed by atoms with Crippen molar-refractivity contribution in [2.45, 2.75) is 59.4 Å². The molecule has 0 fully saturated rings. The highest BCUT2D eigenvalue weighted by Gasteiger charge is 2.36. The quantitative estimate of drug-likeness (QED) is 0.462. The maximum Gasteiger partial charge on any atom is 0.274 e. The number of amides is 1. The van der Waals surface area contributed by atoms with E-state index >= 15 is 0 Å². The zero-order valence-electron chi connectivity index (χ0n) is 15.0. The van der Waals surface area contributed by atoms with Crippen molar-refractivity contribution in [1.82, 2.24) is 0 Å². The summed E-state index contributed by atoms with van der Waals surface area (Å²) in [7, 11) is -1.39. The Bertz CT molecular complexity index is 640. The summed E-state index contributed by atoms with van der Waals surface area (Å²) in [6, 6.07) is 4.94. The van der Waals surface area contributed by atoms with E-state index in [2.05, 4.69) is 33.9 Å². The average molecular weight is 350 g/mol. The Morgan fingerprint density at radius 3 is 2.54 bits per heavy atom. The number of rotatable bonds is 5. The lowest BCUT2D eigenvalue weighted by atomic mass is 9.90. The molecule has 1 aliphatic heterocycles. The lowest BCUT2D eigenvalue weighted by Gasteiger charge is -2.39. The number of nitro benzene ring substituents is 1. The van der Waals surface area contributed by atoms with Crippen molar-refractivity contribution in [3.05, 3.63) is 33.9 Å². The van der Waals surface area contributed by atoms with Gasteiger partial charge in [0.05, 0.1) is 16.2 Å². The number of benzene rings is 1. The first-order valence-corrected chi connectivity index (χ1v) is 11.1. The molecule has 0 N–H and O–H groups in total. The molecule has 7 heteroatoms. The molecule has 1 aromatic rings. The predicted octanol–water partition coefficient (Wildman–Crippen LogP) is 3.64. The van der Waals surface area contributed by atoms with Crippen LogP contribution in [0.3, 0.4) is 0 Å². The number of carbonyl (C=O) groups excluding carboxylic acids is 1. The Kier molecular flexibility index (Phi) is 5.44. The molecule has 1 aliphatic rings. The molecule has 0 spiro atoms. The second-order valence-electron chi connectivity index (χ2n) is 7.70. The summed E-state index contributed by atoms with van der Waals surface area (Å²) in [5.74, 6) is -0.0214. The molecule has 1 heterocycles. The topological polar surface area (TPSA) is 72.7 Å². The van der Waals surface area contributed by atoms with Crippen LogP contribution in [0.4, 0.5) is 11.4 Å². The fourth-order valence-electron chi connectivity index (χ4n) is 3.06. The maximum absolute atomic E-state index is 12.6. The van der Waals surface area contributed by atoms with Gasteiger partial charge in [0.2, 0.25) is 5.91 Å². The van der Waals surface area contributed by atoms with Gasteiger partial charge in [-0.25, -0.2) is 0 Å². The maximum atomic E-state index is 12.6. The second-order valence-corrected chi connectivity index (χ2v) is 10.1. The van der Waals surface area contributed by atoms with Crippen LogP contribution in [-0.2, 0) is 15.6 Å². The molecule has 0 bridgehead atoms. The molecule has 0 saturated carbocycles. The highest BCUT2D eigenvalue weighted by molar-refractivity contribution is 6.48. The molecule has 24 heavy (non-hydrogen) atoms. The van der Waals surface area contributed by atoms with Crippen LogP contribution in [-0.4, -0.2) is 26.1 Å². The van der Waals surface area contributed by atoms with E-state index in [1.165, 1.54) is 6.07 Å². The summed E-state index contributed by atoms with van der Waals surface area (Å²) in [4.78, 5) is 25.2. The molecular weight excluding hydrogens is 324 g/mol. The van der Waals surface area contributed by atoms with Crippen molar-refractivity contribution in [2.24, 2.45) is 5.41 Å².